The Morgan fingerprint density at radius 3 is 2.67 bits per heavy atom. The molecule has 0 unspecified atom stereocenters. The second kappa shape index (κ2) is 8.64. The zero-order valence-corrected chi connectivity index (χ0v) is 9.82. The molecule has 0 saturated carbocycles. The van der Waals surface area contributed by atoms with Crippen LogP contribution in [0.5, 0.6) is 0 Å². The lowest BCUT2D eigenvalue weighted by atomic mass is 10.3. The maximum absolute atomic E-state index is 11.4. The Bertz CT molecular complexity index is 174. The third-order valence-electron chi connectivity index (χ3n) is 2.09. The molecule has 1 amide bonds. The zero-order valence-electron chi connectivity index (χ0n) is 9.82. The van der Waals surface area contributed by atoms with Crippen LogP contribution in [-0.4, -0.2) is 61.9 Å². The predicted octanol–water partition coefficient (Wildman–Crippen LogP) is -0.548. The quantitative estimate of drug-likeness (QED) is 0.537. The molecule has 0 aromatic rings. The molecule has 0 spiro atoms. The van der Waals surface area contributed by atoms with Gasteiger partial charge in [0.1, 0.15) is 0 Å². The fourth-order valence-corrected chi connectivity index (χ4v) is 1.18. The van der Waals surface area contributed by atoms with Crippen LogP contribution < -0.4 is 5.32 Å². The number of carbonyl (C=O) groups excluding carboxylic acids is 1. The van der Waals surface area contributed by atoms with Gasteiger partial charge in [-0.25, -0.2) is 0 Å². The van der Waals surface area contributed by atoms with Crippen LogP contribution in [0.4, 0.5) is 0 Å². The van der Waals surface area contributed by atoms with Crippen molar-refractivity contribution in [2.45, 2.75) is 19.9 Å². The molecule has 0 bridgehead atoms. The summed E-state index contributed by atoms with van der Waals surface area (Å²) in [6.07, 6.45) is 0. The van der Waals surface area contributed by atoms with E-state index >= 15 is 0 Å². The Morgan fingerprint density at radius 1 is 1.53 bits per heavy atom. The Kier molecular flexibility index (Phi) is 8.27. The molecule has 0 aliphatic heterocycles. The first kappa shape index (κ1) is 14.3. The van der Waals surface area contributed by atoms with Gasteiger partial charge < -0.3 is 15.2 Å². The molecule has 0 rings (SSSR count). The van der Waals surface area contributed by atoms with Gasteiger partial charge in [0.05, 0.1) is 19.8 Å². The molecule has 0 fully saturated rings. The van der Waals surface area contributed by atoms with Crippen LogP contribution in [0.25, 0.3) is 0 Å². The Morgan fingerprint density at radius 2 is 2.20 bits per heavy atom. The first-order valence-electron chi connectivity index (χ1n) is 5.22. The maximum atomic E-state index is 11.4. The van der Waals surface area contributed by atoms with Gasteiger partial charge in [0, 0.05) is 26.2 Å². The van der Waals surface area contributed by atoms with Gasteiger partial charge in [-0.3, -0.25) is 9.69 Å². The van der Waals surface area contributed by atoms with Crippen molar-refractivity contribution < 1.29 is 14.6 Å². The van der Waals surface area contributed by atoms with E-state index in [9.17, 15) is 4.79 Å². The molecule has 0 aromatic heterocycles. The molecule has 0 aromatic carbocycles. The van der Waals surface area contributed by atoms with Crippen LogP contribution >= 0.6 is 0 Å². The van der Waals surface area contributed by atoms with Crippen LogP contribution in [0.1, 0.15) is 13.8 Å². The van der Waals surface area contributed by atoms with Crippen molar-refractivity contribution in [1.82, 2.24) is 10.2 Å². The van der Waals surface area contributed by atoms with Gasteiger partial charge in [-0.15, -0.1) is 0 Å². The number of aliphatic hydroxyl groups is 1. The fraction of sp³-hybridized carbons (Fsp3) is 0.900. The van der Waals surface area contributed by atoms with Crippen LogP contribution in [0.15, 0.2) is 0 Å². The molecule has 5 heteroatoms. The minimum atomic E-state index is -0.0331. The highest BCUT2D eigenvalue weighted by Gasteiger charge is 2.12. The second-order valence-corrected chi connectivity index (χ2v) is 3.63. The summed E-state index contributed by atoms with van der Waals surface area (Å²) >= 11 is 0. The van der Waals surface area contributed by atoms with E-state index in [1.54, 1.807) is 7.11 Å². The molecule has 5 nitrogen and oxygen atoms in total. The van der Waals surface area contributed by atoms with E-state index in [2.05, 4.69) is 5.32 Å². The Hall–Kier alpha value is -0.650. The Labute approximate surface area is 91.4 Å². The van der Waals surface area contributed by atoms with Gasteiger partial charge in [0.25, 0.3) is 0 Å². The van der Waals surface area contributed by atoms with E-state index in [4.69, 9.17) is 9.84 Å². The molecule has 15 heavy (non-hydrogen) atoms. The number of methoxy groups -OCH3 is 1. The highest BCUT2D eigenvalue weighted by atomic mass is 16.5. The number of nitrogens with one attached hydrogen (secondary N) is 1. The molecule has 0 atom stereocenters. The molecular weight excluding hydrogens is 196 g/mol. The van der Waals surface area contributed by atoms with Crippen molar-refractivity contribution in [3.8, 4) is 0 Å². The first-order chi connectivity index (χ1) is 7.11. The van der Waals surface area contributed by atoms with Gasteiger partial charge in [-0.2, -0.15) is 0 Å². The number of ether oxygens (including phenoxy) is 1. The number of amides is 1. The van der Waals surface area contributed by atoms with E-state index in [0.717, 1.165) is 0 Å². The van der Waals surface area contributed by atoms with Crippen molar-refractivity contribution >= 4 is 5.91 Å². The van der Waals surface area contributed by atoms with Gasteiger partial charge >= 0.3 is 0 Å². The lowest BCUT2D eigenvalue weighted by molar-refractivity contribution is -0.123. The Balaban J connectivity index is 3.78. The number of hydrogen-bond donors (Lipinski definition) is 2. The fourth-order valence-electron chi connectivity index (χ4n) is 1.18. The number of nitrogens with zero attached hydrogens (tertiary/aromatic N) is 1. The van der Waals surface area contributed by atoms with Crippen molar-refractivity contribution in [1.29, 1.82) is 0 Å². The third-order valence-corrected chi connectivity index (χ3v) is 2.09. The van der Waals surface area contributed by atoms with E-state index < -0.39 is 0 Å². The second-order valence-electron chi connectivity index (χ2n) is 3.63. The van der Waals surface area contributed by atoms with Crippen LogP contribution in [0.2, 0.25) is 0 Å². The lowest BCUT2D eigenvalue weighted by Crippen LogP contribution is -2.42. The average molecular weight is 218 g/mol. The highest BCUT2D eigenvalue weighted by Crippen LogP contribution is 1.96. The van der Waals surface area contributed by atoms with Gasteiger partial charge in [0.15, 0.2) is 0 Å². The standard InChI is InChI=1S/C10H22N2O3/c1-9(2)12(5-6-13)8-10(14)11-4-7-15-3/h9,13H,4-8H2,1-3H3,(H,11,14). The van der Waals surface area contributed by atoms with Crippen LogP contribution in [-0.2, 0) is 9.53 Å². The number of hydrogen-bond acceptors (Lipinski definition) is 4. The molecular formula is C10H22N2O3. The minimum Gasteiger partial charge on any atom is -0.395 e. The van der Waals surface area contributed by atoms with E-state index in [1.165, 1.54) is 0 Å². The number of rotatable bonds is 8. The van der Waals surface area contributed by atoms with E-state index in [-0.39, 0.29) is 18.6 Å². The SMILES string of the molecule is COCCNC(=O)CN(CCO)C(C)C. The maximum Gasteiger partial charge on any atom is 0.234 e. The predicted molar refractivity (Wildman–Crippen MR) is 58.7 cm³/mol. The van der Waals surface area contributed by atoms with E-state index in [0.29, 0.717) is 26.2 Å². The number of aliphatic hydroxyl groups excluding tert-OH is 1. The van der Waals surface area contributed by atoms with Crippen molar-refractivity contribution in [2.24, 2.45) is 0 Å². The van der Waals surface area contributed by atoms with Crippen molar-refractivity contribution in [3.63, 3.8) is 0 Å². The smallest absolute Gasteiger partial charge is 0.234 e. The largest absolute Gasteiger partial charge is 0.395 e. The minimum absolute atomic E-state index is 0.0331. The molecule has 0 radical (unpaired) electrons. The third kappa shape index (κ3) is 7.30. The molecule has 0 aliphatic carbocycles. The molecule has 2 N–H and O–H groups in total. The van der Waals surface area contributed by atoms with Gasteiger partial charge in [0.2, 0.25) is 5.91 Å². The van der Waals surface area contributed by atoms with Gasteiger partial charge in [-0.05, 0) is 13.8 Å². The molecule has 0 aliphatic rings. The first-order valence-corrected chi connectivity index (χ1v) is 5.22. The summed E-state index contributed by atoms with van der Waals surface area (Å²) < 4.78 is 4.82. The highest BCUT2D eigenvalue weighted by molar-refractivity contribution is 5.78. The molecule has 90 valence electrons. The summed E-state index contributed by atoms with van der Waals surface area (Å²) in [7, 11) is 1.60. The average Bonchev–Trinajstić information content (AvgIpc) is 2.17. The van der Waals surface area contributed by atoms with E-state index in [1.807, 2.05) is 18.7 Å². The van der Waals surface area contributed by atoms with Crippen molar-refractivity contribution in [3.05, 3.63) is 0 Å². The van der Waals surface area contributed by atoms with Crippen molar-refractivity contribution in [2.75, 3.05) is 40.0 Å². The molecule has 0 heterocycles. The summed E-state index contributed by atoms with van der Waals surface area (Å²) in [5.74, 6) is -0.0331. The summed E-state index contributed by atoms with van der Waals surface area (Å²) in [4.78, 5) is 13.3. The zero-order chi connectivity index (χ0) is 11.7. The normalized spacial score (nSPS) is 11.1. The van der Waals surface area contributed by atoms with Crippen LogP contribution in [0.3, 0.4) is 0 Å². The topological polar surface area (TPSA) is 61.8 Å². The summed E-state index contributed by atoms with van der Waals surface area (Å²) in [6, 6.07) is 0.255. The molecule has 0 saturated heterocycles. The number of carbonyl (C=O) groups is 1. The summed E-state index contributed by atoms with van der Waals surface area (Å²) in [5, 5.41) is 11.6. The van der Waals surface area contributed by atoms with Crippen LogP contribution in [0, 0.1) is 0 Å². The summed E-state index contributed by atoms with van der Waals surface area (Å²) in [6.45, 7) is 5.96. The monoisotopic (exact) mass is 218 g/mol. The lowest BCUT2D eigenvalue weighted by Gasteiger charge is -2.24. The van der Waals surface area contributed by atoms with Gasteiger partial charge in [-0.1, -0.05) is 0 Å². The summed E-state index contributed by atoms with van der Waals surface area (Å²) in [5.41, 5.74) is 0.